The first-order chi connectivity index (χ1) is 12.1. The lowest BCUT2D eigenvalue weighted by atomic mass is 9.95. The van der Waals surface area contributed by atoms with Gasteiger partial charge in [-0.25, -0.2) is 0 Å². The summed E-state index contributed by atoms with van der Waals surface area (Å²) in [5.41, 5.74) is 2.92. The van der Waals surface area contributed by atoms with Crippen molar-refractivity contribution in [3.05, 3.63) is 64.8 Å². The lowest BCUT2D eigenvalue weighted by Crippen LogP contribution is -2.32. The highest BCUT2D eigenvalue weighted by molar-refractivity contribution is 6.30. The second kappa shape index (κ2) is 6.12. The standard InChI is InChI=1S/C20H19ClN2O2/c1-25-15-5-6-18-16(10-15)17(11-22-18)20(7-8-20)12-23-19(24)13-3-2-4-14(21)9-13/h2-6,9-11,22H,7-8,12H2,1H3,(H,23,24). The lowest BCUT2D eigenvalue weighted by Gasteiger charge is -2.16. The normalized spacial score (nSPS) is 15.1. The molecule has 0 saturated heterocycles. The quantitative estimate of drug-likeness (QED) is 0.718. The first-order valence-electron chi connectivity index (χ1n) is 8.31. The Morgan fingerprint density at radius 2 is 2.12 bits per heavy atom. The van der Waals surface area contributed by atoms with E-state index < -0.39 is 0 Å². The van der Waals surface area contributed by atoms with Crippen LogP contribution in [0.4, 0.5) is 0 Å². The Morgan fingerprint density at radius 3 is 2.84 bits per heavy atom. The number of hydrogen-bond acceptors (Lipinski definition) is 2. The minimum absolute atomic E-state index is 0.00114. The van der Waals surface area contributed by atoms with E-state index in [1.807, 2.05) is 12.1 Å². The number of aromatic amines is 1. The molecule has 1 heterocycles. The first-order valence-corrected chi connectivity index (χ1v) is 8.68. The fraction of sp³-hybridized carbons (Fsp3) is 0.250. The monoisotopic (exact) mass is 354 g/mol. The number of nitrogens with one attached hydrogen (secondary N) is 2. The van der Waals surface area contributed by atoms with Gasteiger partial charge in [-0.3, -0.25) is 4.79 Å². The van der Waals surface area contributed by atoms with Gasteiger partial charge in [0.1, 0.15) is 5.75 Å². The van der Waals surface area contributed by atoms with Crippen molar-refractivity contribution >= 4 is 28.4 Å². The summed E-state index contributed by atoms with van der Waals surface area (Å²) < 4.78 is 5.35. The lowest BCUT2D eigenvalue weighted by molar-refractivity contribution is 0.0949. The van der Waals surface area contributed by atoms with E-state index in [-0.39, 0.29) is 11.3 Å². The topological polar surface area (TPSA) is 54.1 Å². The van der Waals surface area contributed by atoms with Crippen LogP contribution in [0.5, 0.6) is 5.75 Å². The third-order valence-corrected chi connectivity index (χ3v) is 5.22. The Bertz CT molecular complexity index is 944. The number of methoxy groups -OCH3 is 1. The fourth-order valence-corrected chi connectivity index (χ4v) is 3.53. The predicted molar refractivity (Wildman–Crippen MR) is 99.5 cm³/mol. The molecule has 1 aliphatic carbocycles. The van der Waals surface area contributed by atoms with E-state index in [0.717, 1.165) is 29.5 Å². The summed E-state index contributed by atoms with van der Waals surface area (Å²) in [7, 11) is 1.67. The van der Waals surface area contributed by atoms with Gasteiger partial charge in [-0.15, -0.1) is 0 Å². The van der Waals surface area contributed by atoms with Crippen molar-refractivity contribution in [2.45, 2.75) is 18.3 Å². The highest BCUT2D eigenvalue weighted by Gasteiger charge is 2.45. The Balaban J connectivity index is 1.56. The summed E-state index contributed by atoms with van der Waals surface area (Å²) in [6.07, 6.45) is 4.18. The number of hydrogen-bond donors (Lipinski definition) is 2. The third-order valence-electron chi connectivity index (χ3n) is 4.99. The van der Waals surface area contributed by atoms with Gasteiger partial charge in [-0.2, -0.15) is 0 Å². The number of fused-ring (bicyclic) bond motifs is 1. The van der Waals surface area contributed by atoms with Crippen LogP contribution >= 0.6 is 11.6 Å². The first kappa shape index (κ1) is 16.0. The zero-order valence-electron chi connectivity index (χ0n) is 13.9. The molecule has 0 bridgehead atoms. The molecule has 128 valence electrons. The van der Waals surface area contributed by atoms with Crippen molar-refractivity contribution in [3.63, 3.8) is 0 Å². The maximum absolute atomic E-state index is 12.4. The van der Waals surface area contributed by atoms with Gasteiger partial charge in [0.05, 0.1) is 7.11 Å². The molecular formula is C20H19ClN2O2. The van der Waals surface area contributed by atoms with Crippen LogP contribution in [0.3, 0.4) is 0 Å². The van der Waals surface area contributed by atoms with Gasteiger partial charge in [0, 0.05) is 39.6 Å². The smallest absolute Gasteiger partial charge is 0.251 e. The molecule has 4 nitrogen and oxygen atoms in total. The number of benzene rings is 2. The Morgan fingerprint density at radius 1 is 1.28 bits per heavy atom. The molecule has 4 rings (SSSR count). The largest absolute Gasteiger partial charge is 0.497 e. The summed E-state index contributed by atoms with van der Waals surface area (Å²) in [5.74, 6) is 0.748. The SMILES string of the molecule is COc1ccc2[nH]cc(C3(CNC(=O)c4cccc(Cl)c4)CC3)c2c1. The van der Waals surface area contributed by atoms with Crippen LogP contribution in [0.1, 0.15) is 28.8 Å². The van der Waals surface area contributed by atoms with Crippen molar-refractivity contribution in [1.82, 2.24) is 10.3 Å². The van der Waals surface area contributed by atoms with E-state index in [9.17, 15) is 4.79 Å². The molecule has 2 aromatic carbocycles. The van der Waals surface area contributed by atoms with Crippen molar-refractivity contribution in [2.24, 2.45) is 0 Å². The zero-order valence-corrected chi connectivity index (χ0v) is 14.7. The van der Waals surface area contributed by atoms with Crippen LogP contribution in [0.25, 0.3) is 10.9 Å². The molecule has 25 heavy (non-hydrogen) atoms. The van der Waals surface area contributed by atoms with Crippen LogP contribution in [0.15, 0.2) is 48.7 Å². The highest BCUT2D eigenvalue weighted by Crippen LogP contribution is 2.50. The maximum atomic E-state index is 12.4. The fourth-order valence-electron chi connectivity index (χ4n) is 3.34. The summed E-state index contributed by atoms with van der Waals surface area (Å²) >= 11 is 5.97. The van der Waals surface area contributed by atoms with Crippen molar-refractivity contribution < 1.29 is 9.53 Å². The molecule has 1 saturated carbocycles. The average molecular weight is 355 g/mol. The molecule has 0 aliphatic heterocycles. The second-order valence-electron chi connectivity index (χ2n) is 6.59. The van der Waals surface area contributed by atoms with Gasteiger partial charge < -0.3 is 15.0 Å². The Labute approximate surface area is 151 Å². The molecule has 2 N–H and O–H groups in total. The molecule has 1 aliphatic rings. The Kier molecular flexibility index (Phi) is 3.92. The van der Waals surface area contributed by atoms with E-state index in [0.29, 0.717) is 17.1 Å². The van der Waals surface area contributed by atoms with Gasteiger partial charge in [0.15, 0.2) is 0 Å². The molecule has 1 amide bonds. The minimum atomic E-state index is -0.0915. The van der Waals surface area contributed by atoms with Crippen molar-refractivity contribution in [2.75, 3.05) is 13.7 Å². The van der Waals surface area contributed by atoms with Gasteiger partial charge in [0.25, 0.3) is 5.91 Å². The number of ether oxygens (including phenoxy) is 1. The number of halogens is 1. The molecular weight excluding hydrogens is 336 g/mol. The van der Waals surface area contributed by atoms with E-state index in [4.69, 9.17) is 16.3 Å². The number of rotatable bonds is 5. The van der Waals surface area contributed by atoms with Gasteiger partial charge in [-0.05, 0) is 54.8 Å². The van der Waals surface area contributed by atoms with Crippen LogP contribution in [0.2, 0.25) is 5.02 Å². The molecule has 1 fully saturated rings. The number of carbonyl (C=O) groups is 1. The van der Waals surface area contributed by atoms with Crippen LogP contribution in [-0.2, 0) is 5.41 Å². The molecule has 3 aromatic rings. The van der Waals surface area contributed by atoms with Gasteiger partial charge in [0.2, 0.25) is 0 Å². The second-order valence-corrected chi connectivity index (χ2v) is 7.02. The summed E-state index contributed by atoms with van der Waals surface area (Å²) in [5, 5.41) is 4.80. The summed E-state index contributed by atoms with van der Waals surface area (Å²) in [6, 6.07) is 13.0. The Hall–Kier alpha value is -2.46. The van der Waals surface area contributed by atoms with Gasteiger partial charge in [-0.1, -0.05) is 17.7 Å². The molecule has 0 atom stereocenters. The number of carbonyl (C=O) groups excluding carboxylic acids is 1. The molecule has 0 spiro atoms. The maximum Gasteiger partial charge on any atom is 0.251 e. The summed E-state index contributed by atoms with van der Waals surface area (Å²) in [6.45, 7) is 0.614. The molecule has 0 radical (unpaired) electrons. The highest BCUT2D eigenvalue weighted by atomic mass is 35.5. The third kappa shape index (κ3) is 2.98. The summed E-state index contributed by atoms with van der Waals surface area (Å²) in [4.78, 5) is 15.7. The van der Waals surface area contributed by atoms with E-state index >= 15 is 0 Å². The van der Waals surface area contributed by atoms with Crippen LogP contribution in [0, 0.1) is 0 Å². The van der Waals surface area contributed by atoms with Crippen molar-refractivity contribution in [3.8, 4) is 5.75 Å². The molecule has 5 heteroatoms. The zero-order chi connectivity index (χ0) is 17.4. The number of aromatic nitrogens is 1. The van der Waals surface area contributed by atoms with Gasteiger partial charge >= 0.3 is 0 Å². The van der Waals surface area contributed by atoms with Crippen molar-refractivity contribution in [1.29, 1.82) is 0 Å². The minimum Gasteiger partial charge on any atom is -0.497 e. The molecule has 0 unspecified atom stereocenters. The van der Waals surface area contributed by atoms with E-state index in [1.165, 1.54) is 5.56 Å². The van der Waals surface area contributed by atoms with E-state index in [2.05, 4.69) is 22.6 Å². The predicted octanol–water partition coefficient (Wildman–Crippen LogP) is 4.29. The number of amides is 1. The number of H-pyrrole nitrogens is 1. The average Bonchev–Trinajstić information content (AvgIpc) is 3.30. The van der Waals surface area contributed by atoms with E-state index in [1.54, 1.807) is 31.4 Å². The van der Waals surface area contributed by atoms with Crippen LogP contribution < -0.4 is 10.1 Å². The van der Waals surface area contributed by atoms with Crippen LogP contribution in [-0.4, -0.2) is 24.5 Å². The molecule has 1 aromatic heterocycles.